The molecule has 0 atom stereocenters. The molecular formula is C12H14N4O3S2. The predicted molar refractivity (Wildman–Crippen MR) is 79.8 cm³/mol. The van der Waals surface area contributed by atoms with Crippen LogP contribution >= 0.6 is 11.3 Å². The Morgan fingerprint density at radius 1 is 1.24 bits per heavy atom. The van der Waals surface area contributed by atoms with E-state index in [0.29, 0.717) is 18.5 Å². The topological polar surface area (TPSA) is 101 Å². The Balaban J connectivity index is 2.09. The number of benzene rings is 1. The summed E-state index contributed by atoms with van der Waals surface area (Å²) in [5, 5.41) is 9.92. The molecule has 1 aromatic heterocycles. The molecule has 1 heterocycles. The Morgan fingerprint density at radius 2 is 1.95 bits per heavy atom. The van der Waals surface area contributed by atoms with Crippen molar-refractivity contribution >= 4 is 32.4 Å². The van der Waals surface area contributed by atoms with Crippen molar-refractivity contribution in [2.24, 2.45) is 0 Å². The first-order valence-electron chi connectivity index (χ1n) is 6.22. The van der Waals surface area contributed by atoms with Crippen LogP contribution in [0.2, 0.25) is 0 Å². The maximum atomic E-state index is 11.9. The van der Waals surface area contributed by atoms with Crippen LogP contribution in [0.1, 0.15) is 23.7 Å². The summed E-state index contributed by atoms with van der Waals surface area (Å²) in [4.78, 5) is 11.9. The predicted octanol–water partition coefficient (Wildman–Crippen LogP) is 1.48. The molecule has 0 aliphatic carbocycles. The second-order valence-corrected chi connectivity index (χ2v) is 7.01. The fourth-order valence-electron chi connectivity index (χ4n) is 1.43. The summed E-state index contributed by atoms with van der Waals surface area (Å²) in [6.45, 7) is 2.18. The molecule has 0 aliphatic rings. The maximum absolute atomic E-state index is 11.9. The SMILES string of the molecule is CCCNS(=O)(=O)c1nnc(NC(=O)c2ccccc2)s1. The van der Waals surface area contributed by atoms with Gasteiger partial charge in [-0.15, -0.1) is 10.2 Å². The summed E-state index contributed by atoms with van der Waals surface area (Å²) in [5.41, 5.74) is 0.459. The lowest BCUT2D eigenvalue weighted by Gasteiger charge is -2.00. The van der Waals surface area contributed by atoms with Crippen LogP contribution in [-0.2, 0) is 10.0 Å². The number of hydrogen-bond donors (Lipinski definition) is 2. The van der Waals surface area contributed by atoms with Gasteiger partial charge in [-0.2, -0.15) is 0 Å². The fourth-order valence-corrected chi connectivity index (χ4v) is 3.50. The zero-order valence-corrected chi connectivity index (χ0v) is 12.9. The summed E-state index contributed by atoms with van der Waals surface area (Å²) in [6, 6.07) is 8.57. The Labute approximate surface area is 126 Å². The molecule has 0 saturated carbocycles. The van der Waals surface area contributed by atoms with Crippen molar-refractivity contribution in [1.29, 1.82) is 0 Å². The summed E-state index contributed by atoms with van der Waals surface area (Å²) in [6.07, 6.45) is 0.676. The number of carbonyl (C=O) groups is 1. The number of carbonyl (C=O) groups excluding carboxylic acids is 1. The average molecular weight is 326 g/mol. The second kappa shape index (κ2) is 6.74. The first kappa shape index (κ1) is 15.5. The molecule has 9 heteroatoms. The third-order valence-corrected chi connectivity index (χ3v) is 5.10. The summed E-state index contributed by atoms with van der Waals surface area (Å²) in [5.74, 6) is -0.364. The van der Waals surface area contributed by atoms with E-state index in [2.05, 4.69) is 20.2 Å². The lowest BCUT2D eigenvalue weighted by molar-refractivity contribution is 0.102. The lowest BCUT2D eigenvalue weighted by atomic mass is 10.2. The molecule has 0 bridgehead atoms. The Hall–Kier alpha value is -1.84. The van der Waals surface area contributed by atoms with Gasteiger partial charge >= 0.3 is 0 Å². The van der Waals surface area contributed by atoms with E-state index in [1.165, 1.54) is 0 Å². The van der Waals surface area contributed by atoms with Gasteiger partial charge < -0.3 is 0 Å². The van der Waals surface area contributed by atoms with E-state index in [0.717, 1.165) is 11.3 Å². The van der Waals surface area contributed by atoms with Crippen LogP contribution in [0.5, 0.6) is 0 Å². The standard InChI is InChI=1S/C12H14N4O3S2/c1-2-8-13-21(18,19)12-16-15-11(20-12)14-10(17)9-6-4-3-5-7-9/h3-7,13H,2,8H2,1H3,(H,14,15,17). The van der Waals surface area contributed by atoms with Gasteiger partial charge in [0.25, 0.3) is 15.9 Å². The highest BCUT2D eigenvalue weighted by atomic mass is 32.2. The molecule has 1 amide bonds. The van der Waals surface area contributed by atoms with Crippen LogP contribution in [0.4, 0.5) is 5.13 Å². The van der Waals surface area contributed by atoms with Crippen molar-refractivity contribution in [2.45, 2.75) is 17.7 Å². The van der Waals surface area contributed by atoms with Crippen LogP contribution in [0.25, 0.3) is 0 Å². The smallest absolute Gasteiger partial charge is 0.269 e. The van der Waals surface area contributed by atoms with Crippen molar-refractivity contribution < 1.29 is 13.2 Å². The third kappa shape index (κ3) is 4.06. The van der Waals surface area contributed by atoms with Crippen LogP contribution in [-0.4, -0.2) is 31.1 Å². The summed E-state index contributed by atoms with van der Waals surface area (Å²) < 4.78 is 25.9. The third-order valence-electron chi connectivity index (χ3n) is 2.43. The van der Waals surface area contributed by atoms with Gasteiger partial charge in [0.2, 0.25) is 9.47 Å². The Morgan fingerprint density at radius 3 is 2.62 bits per heavy atom. The first-order valence-corrected chi connectivity index (χ1v) is 8.52. The van der Waals surface area contributed by atoms with Crippen molar-refractivity contribution in [2.75, 3.05) is 11.9 Å². The van der Waals surface area contributed by atoms with E-state index < -0.39 is 10.0 Å². The van der Waals surface area contributed by atoms with Crippen LogP contribution in [0.15, 0.2) is 34.7 Å². The number of rotatable bonds is 6. The molecule has 1 aromatic carbocycles. The quantitative estimate of drug-likeness (QED) is 0.783. The monoisotopic (exact) mass is 326 g/mol. The van der Waals surface area contributed by atoms with Gasteiger partial charge in [0, 0.05) is 12.1 Å². The van der Waals surface area contributed by atoms with Gasteiger partial charge in [0.1, 0.15) is 0 Å². The minimum absolute atomic E-state index is 0.140. The Kier molecular flexibility index (Phi) is 4.99. The first-order chi connectivity index (χ1) is 10.0. The molecular weight excluding hydrogens is 312 g/mol. The fraction of sp³-hybridized carbons (Fsp3) is 0.250. The molecule has 0 aliphatic heterocycles. The molecule has 0 spiro atoms. The molecule has 112 valence electrons. The highest BCUT2D eigenvalue weighted by Crippen LogP contribution is 2.20. The number of amides is 1. The number of nitrogens with one attached hydrogen (secondary N) is 2. The molecule has 2 N–H and O–H groups in total. The number of aromatic nitrogens is 2. The molecule has 7 nitrogen and oxygen atoms in total. The zero-order valence-electron chi connectivity index (χ0n) is 11.2. The van der Waals surface area contributed by atoms with Crippen LogP contribution in [0.3, 0.4) is 0 Å². The van der Waals surface area contributed by atoms with E-state index in [1.807, 2.05) is 6.92 Å². The largest absolute Gasteiger partial charge is 0.296 e. The van der Waals surface area contributed by atoms with Crippen molar-refractivity contribution in [3.8, 4) is 0 Å². The number of sulfonamides is 1. The van der Waals surface area contributed by atoms with E-state index in [-0.39, 0.29) is 15.4 Å². The van der Waals surface area contributed by atoms with Crippen molar-refractivity contribution in [3.63, 3.8) is 0 Å². The van der Waals surface area contributed by atoms with E-state index >= 15 is 0 Å². The summed E-state index contributed by atoms with van der Waals surface area (Å²) >= 11 is 0.809. The highest BCUT2D eigenvalue weighted by Gasteiger charge is 2.20. The van der Waals surface area contributed by atoms with Gasteiger partial charge in [0.05, 0.1) is 0 Å². The average Bonchev–Trinajstić information content (AvgIpc) is 2.95. The molecule has 0 fully saturated rings. The van der Waals surface area contributed by atoms with Crippen molar-refractivity contribution in [3.05, 3.63) is 35.9 Å². The van der Waals surface area contributed by atoms with Crippen molar-refractivity contribution in [1.82, 2.24) is 14.9 Å². The maximum Gasteiger partial charge on any atom is 0.269 e. The highest BCUT2D eigenvalue weighted by molar-refractivity contribution is 7.91. The molecule has 0 unspecified atom stereocenters. The van der Waals surface area contributed by atoms with E-state index in [1.54, 1.807) is 30.3 Å². The number of hydrogen-bond acceptors (Lipinski definition) is 6. The minimum Gasteiger partial charge on any atom is -0.296 e. The second-order valence-electron chi connectivity index (χ2n) is 4.09. The molecule has 21 heavy (non-hydrogen) atoms. The molecule has 2 rings (SSSR count). The lowest BCUT2D eigenvalue weighted by Crippen LogP contribution is -2.24. The molecule has 2 aromatic rings. The minimum atomic E-state index is -3.66. The van der Waals surface area contributed by atoms with Gasteiger partial charge in [-0.25, -0.2) is 13.1 Å². The normalized spacial score (nSPS) is 11.3. The molecule has 0 radical (unpaired) electrons. The van der Waals surface area contributed by atoms with Crippen LogP contribution in [0, 0.1) is 0 Å². The Bertz CT molecular complexity index is 713. The zero-order chi connectivity index (χ0) is 15.3. The van der Waals surface area contributed by atoms with Gasteiger partial charge in [-0.1, -0.05) is 36.5 Å². The van der Waals surface area contributed by atoms with Gasteiger partial charge in [0.15, 0.2) is 0 Å². The van der Waals surface area contributed by atoms with Crippen LogP contribution < -0.4 is 10.0 Å². The van der Waals surface area contributed by atoms with E-state index in [9.17, 15) is 13.2 Å². The van der Waals surface area contributed by atoms with Gasteiger partial charge in [-0.3, -0.25) is 10.1 Å². The van der Waals surface area contributed by atoms with E-state index in [4.69, 9.17) is 0 Å². The number of anilines is 1. The summed E-state index contributed by atoms with van der Waals surface area (Å²) in [7, 11) is -3.66. The molecule has 0 saturated heterocycles. The van der Waals surface area contributed by atoms with Gasteiger partial charge in [-0.05, 0) is 18.6 Å². The number of nitrogens with zero attached hydrogens (tertiary/aromatic N) is 2.